The van der Waals surface area contributed by atoms with Crippen LogP contribution in [0.3, 0.4) is 0 Å². The Labute approximate surface area is 194 Å². The SMILES string of the molecule is COc1cc(S)cc(CNC2CCC(Nc3nc(N(C)C)c4ccccc4n3)CC2)c1O. The lowest BCUT2D eigenvalue weighted by molar-refractivity contribution is 0.344. The molecular formula is C24H31N5O2S. The van der Waals surface area contributed by atoms with E-state index in [9.17, 15) is 5.11 Å². The number of nitrogens with zero attached hydrogens (tertiary/aromatic N) is 3. The van der Waals surface area contributed by atoms with Crippen LogP contribution in [0.1, 0.15) is 31.2 Å². The van der Waals surface area contributed by atoms with Crippen LogP contribution >= 0.6 is 12.6 Å². The smallest absolute Gasteiger partial charge is 0.225 e. The van der Waals surface area contributed by atoms with Crippen molar-refractivity contribution in [1.82, 2.24) is 15.3 Å². The molecule has 1 heterocycles. The van der Waals surface area contributed by atoms with Crippen molar-refractivity contribution >= 4 is 35.3 Å². The molecule has 0 radical (unpaired) electrons. The first-order valence-electron chi connectivity index (χ1n) is 11.0. The van der Waals surface area contributed by atoms with Gasteiger partial charge in [-0.1, -0.05) is 12.1 Å². The lowest BCUT2D eigenvalue weighted by Crippen LogP contribution is -2.37. The number of benzene rings is 2. The van der Waals surface area contributed by atoms with Crippen molar-refractivity contribution in [2.45, 2.75) is 49.2 Å². The van der Waals surface area contributed by atoms with Crippen LogP contribution in [0.25, 0.3) is 10.9 Å². The number of rotatable bonds is 7. The number of methoxy groups -OCH3 is 1. The van der Waals surface area contributed by atoms with Gasteiger partial charge in [0.25, 0.3) is 0 Å². The first-order valence-corrected chi connectivity index (χ1v) is 11.4. The monoisotopic (exact) mass is 453 g/mol. The molecule has 3 aromatic rings. The standard InChI is InChI=1S/C24H31N5O2S/c1-29(2)23-19-6-4-5-7-20(19)27-24(28-23)26-17-10-8-16(9-11-17)25-14-15-12-18(32)13-21(31-3)22(15)30/h4-7,12-13,16-17,25,30,32H,8-11,14H2,1-3H3,(H,26,27,28). The van der Waals surface area contributed by atoms with Crippen molar-refractivity contribution in [3.63, 3.8) is 0 Å². The van der Waals surface area contributed by atoms with Crippen molar-refractivity contribution in [3.8, 4) is 11.5 Å². The number of para-hydroxylation sites is 1. The molecule has 2 aromatic carbocycles. The molecule has 0 spiro atoms. The highest BCUT2D eigenvalue weighted by atomic mass is 32.1. The van der Waals surface area contributed by atoms with Crippen LogP contribution in [-0.2, 0) is 6.54 Å². The van der Waals surface area contributed by atoms with Crippen molar-refractivity contribution in [3.05, 3.63) is 42.0 Å². The van der Waals surface area contributed by atoms with Crippen molar-refractivity contribution < 1.29 is 9.84 Å². The number of hydrogen-bond acceptors (Lipinski definition) is 8. The number of thiol groups is 1. The Morgan fingerprint density at radius 3 is 2.53 bits per heavy atom. The molecule has 0 saturated heterocycles. The van der Waals surface area contributed by atoms with Gasteiger partial charge in [0, 0.05) is 48.6 Å². The van der Waals surface area contributed by atoms with E-state index in [-0.39, 0.29) is 5.75 Å². The molecule has 0 bridgehead atoms. The molecule has 0 amide bonds. The Balaban J connectivity index is 1.35. The minimum absolute atomic E-state index is 0.179. The van der Waals surface area contributed by atoms with Crippen LogP contribution < -0.4 is 20.3 Å². The average Bonchev–Trinajstić information content (AvgIpc) is 2.79. The van der Waals surface area contributed by atoms with Gasteiger partial charge < -0.3 is 25.4 Å². The highest BCUT2D eigenvalue weighted by Crippen LogP contribution is 2.33. The molecule has 8 heteroatoms. The number of aromatic hydroxyl groups is 1. The number of aromatic nitrogens is 2. The van der Waals surface area contributed by atoms with E-state index in [0.29, 0.717) is 30.3 Å². The second-order valence-corrected chi connectivity index (χ2v) is 9.03. The molecule has 0 unspecified atom stereocenters. The van der Waals surface area contributed by atoms with Crippen LogP contribution in [-0.4, -0.2) is 48.4 Å². The van der Waals surface area contributed by atoms with Gasteiger partial charge in [0.05, 0.1) is 12.6 Å². The lowest BCUT2D eigenvalue weighted by atomic mass is 9.91. The predicted octanol–water partition coefficient (Wildman–Crippen LogP) is 4.21. The van der Waals surface area contributed by atoms with Gasteiger partial charge in [-0.05, 0) is 49.9 Å². The zero-order valence-electron chi connectivity index (χ0n) is 18.8. The van der Waals surface area contributed by atoms with Crippen LogP contribution in [0, 0.1) is 0 Å². The fraction of sp³-hybridized carbons (Fsp3) is 0.417. The van der Waals surface area contributed by atoms with E-state index in [1.807, 2.05) is 43.3 Å². The zero-order valence-corrected chi connectivity index (χ0v) is 19.7. The van der Waals surface area contributed by atoms with Crippen molar-refractivity contribution in [2.24, 2.45) is 0 Å². The summed E-state index contributed by atoms with van der Waals surface area (Å²) in [6.07, 6.45) is 4.16. The molecular weight excluding hydrogens is 422 g/mol. The number of anilines is 2. The maximum Gasteiger partial charge on any atom is 0.225 e. The third-order valence-corrected chi connectivity index (χ3v) is 6.27. The average molecular weight is 454 g/mol. The van der Waals surface area contributed by atoms with Crippen LogP contribution in [0.5, 0.6) is 11.5 Å². The van der Waals surface area contributed by atoms with E-state index in [1.54, 1.807) is 13.2 Å². The summed E-state index contributed by atoms with van der Waals surface area (Å²) in [7, 11) is 5.56. The van der Waals surface area contributed by atoms with Gasteiger partial charge in [-0.3, -0.25) is 0 Å². The van der Waals surface area contributed by atoms with Crippen LogP contribution in [0.4, 0.5) is 11.8 Å². The van der Waals surface area contributed by atoms with E-state index >= 15 is 0 Å². The number of phenols is 1. The normalized spacial score (nSPS) is 18.5. The van der Waals surface area contributed by atoms with E-state index in [4.69, 9.17) is 14.7 Å². The topological polar surface area (TPSA) is 82.5 Å². The van der Waals surface area contributed by atoms with E-state index < -0.39 is 0 Å². The predicted molar refractivity (Wildman–Crippen MR) is 132 cm³/mol. The summed E-state index contributed by atoms with van der Waals surface area (Å²) in [6.45, 7) is 0.583. The Bertz CT molecular complexity index is 1080. The number of phenolic OH excluding ortho intramolecular Hbond substituents is 1. The second kappa shape index (κ2) is 9.83. The first-order chi connectivity index (χ1) is 15.4. The van der Waals surface area contributed by atoms with Gasteiger partial charge in [-0.15, -0.1) is 12.6 Å². The van der Waals surface area contributed by atoms with Gasteiger partial charge in [0.15, 0.2) is 11.5 Å². The maximum atomic E-state index is 10.4. The molecule has 7 nitrogen and oxygen atoms in total. The Hall–Kier alpha value is -2.71. The summed E-state index contributed by atoms with van der Waals surface area (Å²) in [5.41, 5.74) is 1.75. The quantitative estimate of drug-likeness (QED) is 0.399. The zero-order chi connectivity index (χ0) is 22.7. The fourth-order valence-corrected chi connectivity index (χ4v) is 4.56. The number of fused-ring (bicyclic) bond motifs is 1. The van der Waals surface area contributed by atoms with Crippen molar-refractivity contribution in [1.29, 1.82) is 0 Å². The van der Waals surface area contributed by atoms with E-state index in [1.165, 1.54) is 0 Å². The van der Waals surface area contributed by atoms with E-state index in [0.717, 1.165) is 52.9 Å². The molecule has 4 rings (SSSR count). The molecule has 3 N–H and O–H groups in total. The minimum Gasteiger partial charge on any atom is -0.504 e. The van der Waals surface area contributed by atoms with E-state index in [2.05, 4.69) is 29.3 Å². The van der Waals surface area contributed by atoms with Gasteiger partial charge >= 0.3 is 0 Å². The lowest BCUT2D eigenvalue weighted by Gasteiger charge is -2.30. The molecule has 1 saturated carbocycles. The highest BCUT2D eigenvalue weighted by molar-refractivity contribution is 7.80. The number of ether oxygens (including phenoxy) is 1. The van der Waals surface area contributed by atoms with Gasteiger partial charge in [0.1, 0.15) is 5.82 Å². The summed E-state index contributed by atoms with van der Waals surface area (Å²) in [5, 5.41) is 18.5. The molecule has 1 aliphatic carbocycles. The Morgan fingerprint density at radius 1 is 1.09 bits per heavy atom. The molecule has 1 fully saturated rings. The first kappa shape index (κ1) is 22.5. The summed E-state index contributed by atoms with van der Waals surface area (Å²) < 4.78 is 5.23. The van der Waals surface area contributed by atoms with Crippen LogP contribution in [0.2, 0.25) is 0 Å². The summed E-state index contributed by atoms with van der Waals surface area (Å²) in [6, 6.07) is 12.4. The summed E-state index contributed by atoms with van der Waals surface area (Å²) in [4.78, 5) is 12.3. The Kier molecular flexibility index (Phi) is 6.91. The molecule has 1 aromatic heterocycles. The van der Waals surface area contributed by atoms with Crippen LogP contribution in [0.15, 0.2) is 41.3 Å². The van der Waals surface area contributed by atoms with Gasteiger partial charge in [0.2, 0.25) is 5.95 Å². The number of nitrogens with one attached hydrogen (secondary N) is 2. The molecule has 0 atom stereocenters. The summed E-state index contributed by atoms with van der Waals surface area (Å²) in [5.74, 6) is 2.24. The molecule has 32 heavy (non-hydrogen) atoms. The maximum absolute atomic E-state index is 10.4. The van der Waals surface area contributed by atoms with Crippen molar-refractivity contribution in [2.75, 3.05) is 31.4 Å². The molecule has 170 valence electrons. The summed E-state index contributed by atoms with van der Waals surface area (Å²) >= 11 is 4.40. The number of hydrogen-bond donors (Lipinski definition) is 4. The fourth-order valence-electron chi connectivity index (χ4n) is 4.28. The highest BCUT2D eigenvalue weighted by Gasteiger charge is 2.22. The third-order valence-electron chi connectivity index (χ3n) is 6.01. The van der Waals surface area contributed by atoms with Gasteiger partial charge in [-0.2, -0.15) is 4.98 Å². The molecule has 0 aliphatic heterocycles. The van der Waals surface area contributed by atoms with Gasteiger partial charge in [-0.25, -0.2) is 4.98 Å². The molecule has 1 aliphatic rings. The minimum atomic E-state index is 0.179. The third kappa shape index (κ3) is 5.02. The largest absolute Gasteiger partial charge is 0.504 e. The second-order valence-electron chi connectivity index (χ2n) is 8.51. The Morgan fingerprint density at radius 2 is 1.81 bits per heavy atom.